The van der Waals surface area contributed by atoms with Crippen LogP contribution in [0.5, 0.6) is 5.75 Å². The highest BCUT2D eigenvalue weighted by Gasteiger charge is 2.31. The highest BCUT2D eigenvalue weighted by atomic mass is 16.5. The van der Waals surface area contributed by atoms with Gasteiger partial charge < -0.3 is 14.4 Å². The summed E-state index contributed by atoms with van der Waals surface area (Å²) in [5.74, 6) is 0.701. The Balaban J connectivity index is 1.28. The maximum Gasteiger partial charge on any atom is 0.258 e. The molecule has 0 saturated carbocycles. The van der Waals surface area contributed by atoms with E-state index in [1.54, 1.807) is 4.68 Å². The Morgan fingerprint density at radius 1 is 1.17 bits per heavy atom. The van der Waals surface area contributed by atoms with Gasteiger partial charge in [0.2, 0.25) is 0 Å². The predicted octanol–water partition coefficient (Wildman–Crippen LogP) is 3.80. The topological polar surface area (TPSA) is 56.6 Å². The molecule has 154 valence electrons. The highest BCUT2D eigenvalue weighted by Crippen LogP contribution is 2.32. The Morgan fingerprint density at radius 2 is 2.03 bits per heavy atom. The summed E-state index contributed by atoms with van der Waals surface area (Å²) in [6, 6.07) is 14.2. The Bertz CT molecular complexity index is 1050. The molecule has 0 aliphatic carbocycles. The van der Waals surface area contributed by atoms with Crippen molar-refractivity contribution in [2.75, 3.05) is 13.2 Å². The van der Waals surface area contributed by atoms with Gasteiger partial charge in [-0.2, -0.15) is 5.10 Å². The quantitative estimate of drug-likeness (QED) is 0.628. The summed E-state index contributed by atoms with van der Waals surface area (Å²) in [6.07, 6.45) is 6.07. The molecule has 30 heavy (non-hydrogen) atoms. The summed E-state index contributed by atoms with van der Waals surface area (Å²) in [4.78, 5) is 15.0. The van der Waals surface area contributed by atoms with Crippen molar-refractivity contribution in [1.82, 2.24) is 14.7 Å². The Kier molecular flexibility index (Phi) is 5.01. The van der Waals surface area contributed by atoms with E-state index in [2.05, 4.69) is 29.4 Å². The molecule has 6 heteroatoms. The number of aromatic nitrogens is 2. The van der Waals surface area contributed by atoms with Crippen LogP contribution in [0.1, 0.15) is 34.3 Å². The lowest BCUT2D eigenvalue weighted by Crippen LogP contribution is -2.24. The maximum atomic E-state index is 13.1. The normalized spacial score (nSPS) is 18.1. The Morgan fingerprint density at radius 3 is 2.77 bits per heavy atom. The third kappa shape index (κ3) is 3.71. The lowest BCUT2D eigenvalue weighted by atomic mass is 10.1. The van der Waals surface area contributed by atoms with Crippen molar-refractivity contribution in [2.24, 2.45) is 7.05 Å². The first kappa shape index (κ1) is 18.9. The molecule has 5 rings (SSSR count). The second kappa shape index (κ2) is 7.95. The van der Waals surface area contributed by atoms with Crippen LogP contribution in [0.4, 0.5) is 0 Å². The molecule has 0 unspecified atom stereocenters. The van der Waals surface area contributed by atoms with Gasteiger partial charge in [0.25, 0.3) is 5.91 Å². The highest BCUT2D eigenvalue weighted by molar-refractivity contribution is 6.01. The molecule has 1 fully saturated rings. The van der Waals surface area contributed by atoms with Gasteiger partial charge in [0, 0.05) is 38.5 Å². The van der Waals surface area contributed by atoms with Gasteiger partial charge in [-0.1, -0.05) is 36.4 Å². The van der Waals surface area contributed by atoms with E-state index in [-0.39, 0.29) is 12.0 Å². The van der Waals surface area contributed by atoms with Crippen molar-refractivity contribution in [1.29, 1.82) is 0 Å². The van der Waals surface area contributed by atoms with Gasteiger partial charge in [0.1, 0.15) is 12.4 Å². The maximum absolute atomic E-state index is 13.1. The van der Waals surface area contributed by atoms with E-state index < -0.39 is 0 Å². The van der Waals surface area contributed by atoms with Crippen molar-refractivity contribution in [3.05, 3.63) is 71.5 Å². The van der Waals surface area contributed by atoms with Gasteiger partial charge in [0.15, 0.2) is 0 Å². The minimum Gasteiger partial charge on any atom is -0.490 e. The third-order valence-electron chi connectivity index (χ3n) is 5.79. The van der Waals surface area contributed by atoms with Gasteiger partial charge in [-0.05, 0) is 35.6 Å². The van der Waals surface area contributed by atoms with Crippen LogP contribution >= 0.6 is 0 Å². The molecular weight excluding hydrogens is 378 g/mol. The number of hydrogen-bond donors (Lipinski definition) is 0. The second-order valence-corrected chi connectivity index (χ2v) is 8.00. The number of rotatable bonds is 6. The van der Waals surface area contributed by atoms with E-state index in [0.717, 1.165) is 41.7 Å². The van der Waals surface area contributed by atoms with E-state index in [9.17, 15) is 4.79 Å². The summed E-state index contributed by atoms with van der Waals surface area (Å²) in [7, 11) is 1.91. The second-order valence-electron chi connectivity index (χ2n) is 8.00. The monoisotopic (exact) mass is 403 g/mol. The SMILES string of the molecule is Cn1cc(-c2ccc(CN3Cc4cccc(OC[C@@H]5CCCO5)c4C3=O)cc2)cn1. The minimum absolute atomic E-state index is 0.0317. The molecule has 1 atom stereocenters. The summed E-state index contributed by atoms with van der Waals surface area (Å²) in [5, 5.41) is 4.22. The van der Waals surface area contributed by atoms with Crippen LogP contribution in [0.25, 0.3) is 11.1 Å². The van der Waals surface area contributed by atoms with Crippen LogP contribution in [-0.2, 0) is 24.9 Å². The third-order valence-corrected chi connectivity index (χ3v) is 5.79. The van der Waals surface area contributed by atoms with Crippen molar-refractivity contribution in [3.63, 3.8) is 0 Å². The zero-order chi connectivity index (χ0) is 20.5. The van der Waals surface area contributed by atoms with E-state index in [4.69, 9.17) is 9.47 Å². The van der Waals surface area contributed by atoms with Crippen LogP contribution in [0.3, 0.4) is 0 Å². The molecule has 0 N–H and O–H groups in total. The van der Waals surface area contributed by atoms with Gasteiger partial charge in [0.05, 0.1) is 17.9 Å². The van der Waals surface area contributed by atoms with Crippen molar-refractivity contribution < 1.29 is 14.3 Å². The van der Waals surface area contributed by atoms with E-state index in [1.165, 1.54) is 0 Å². The lowest BCUT2D eigenvalue weighted by molar-refractivity contribution is 0.0659. The molecule has 0 radical (unpaired) electrons. The average Bonchev–Trinajstić information content (AvgIpc) is 3.49. The number of carbonyl (C=O) groups excluding carboxylic acids is 1. The summed E-state index contributed by atoms with van der Waals surface area (Å²) >= 11 is 0. The minimum atomic E-state index is 0.0317. The van der Waals surface area contributed by atoms with Crippen LogP contribution in [-0.4, -0.2) is 39.9 Å². The average molecular weight is 403 g/mol. The van der Waals surface area contributed by atoms with E-state index >= 15 is 0 Å². The van der Waals surface area contributed by atoms with Crippen molar-refractivity contribution in [2.45, 2.75) is 32.0 Å². The summed E-state index contributed by atoms with van der Waals surface area (Å²) in [5.41, 5.74) is 5.03. The molecule has 1 saturated heterocycles. The molecule has 2 aromatic carbocycles. The van der Waals surface area contributed by atoms with Gasteiger partial charge >= 0.3 is 0 Å². The number of fused-ring (bicyclic) bond motifs is 1. The van der Waals surface area contributed by atoms with Gasteiger partial charge in [-0.15, -0.1) is 0 Å². The Hall–Kier alpha value is -3.12. The molecule has 0 bridgehead atoms. The number of carbonyl (C=O) groups is 1. The Labute approximate surface area is 176 Å². The van der Waals surface area contributed by atoms with Crippen molar-refractivity contribution >= 4 is 5.91 Å². The van der Waals surface area contributed by atoms with Crippen LogP contribution in [0.2, 0.25) is 0 Å². The smallest absolute Gasteiger partial charge is 0.258 e. The zero-order valence-corrected chi connectivity index (χ0v) is 17.1. The van der Waals surface area contributed by atoms with Gasteiger partial charge in [-0.3, -0.25) is 9.48 Å². The molecule has 6 nitrogen and oxygen atoms in total. The molecule has 1 aromatic heterocycles. The molecule has 2 aliphatic heterocycles. The summed E-state index contributed by atoms with van der Waals surface area (Å²) in [6.45, 7) is 2.48. The molecule has 0 spiro atoms. The number of nitrogens with zero attached hydrogens (tertiary/aromatic N) is 3. The molecule has 3 heterocycles. The largest absolute Gasteiger partial charge is 0.490 e. The van der Waals surface area contributed by atoms with Gasteiger partial charge in [-0.25, -0.2) is 0 Å². The number of amides is 1. The standard InChI is InChI=1S/C24H25N3O3/c1-26-14-20(12-25-26)18-9-7-17(8-10-18)13-27-15-19-4-2-6-22(23(19)24(27)28)30-16-21-5-3-11-29-21/h2,4,6-10,12,14,21H,3,5,11,13,15-16H2,1H3/t21-/m0/s1. The number of benzene rings is 2. The first-order valence-corrected chi connectivity index (χ1v) is 10.4. The fourth-order valence-corrected chi connectivity index (χ4v) is 4.19. The molecule has 1 amide bonds. The first-order chi connectivity index (χ1) is 14.7. The lowest BCUT2D eigenvalue weighted by Gasteiger charge is -2.16. The predicted molar refractivity (Wildman–Crippen MR) is 113 cm³/mol. The van der Waals surface area contributed by atoms with Crippen LogP contribution in [0, 0.1) is 0 Å². The van der Waals surface area contributed by atoms with E-state index in [0.29, 0.717) is 31.0 Å². The first-order valence-electron chi connectivity index (χ1n) is 10.4. The fraction of sp³-hybridized carbons (Fsp3) is 0.333. The van der Waals surface area contributed by atoms with Crippen LogP contribution in [0.15, 0.2) is 54.9 Å². The van der Waals surface area contributed by atoms with Crippen molar-refractivity contribution in [3.8, 4) is 16.9 Å². The number of ether oxygens (including phenoxy) is 2. The van der Waals surface area contributed by atoms with Crippen LogP contribution < -0.4 is 4.74 Å². The van der Waals surface area contributed by atoms with E-state index in [1.807, 2.05) is 42.5 Å². The fourth-order valence-electron chi connectivity index (χ4n) is 4.19. The molecule has 3 aromatic rings. The number of hydrogen-bond acceptors (Lipinski definition) is 4. The zero-order valence-electron chi connectivity index (χ0n) is 17.1. The molecule has 2 aliphatic rings. The number of aryl methyl sites for hydroxylation is 1. The molecular formula is C24H25N3O3. The summed E-state index contributed by atoms with van der Waals surface area (Å²) < 4.78 is 13.4.